The number of hydrogen-bond donors (Lipinski definition) is 1. The number of nitrogens with one attached hydrogen (secondary N) is 1. The zero-order valence-electron chi connectivity index (χ0n) is 10.2. The molecule has 0 spiro atoms. The van der Waals surface area contributed by atoms with E-state index in [0.29, 0.717) is 6.04 Å². The predicted molar refractivity (Wildman–Crippen MR) is 72.1 cm³/mol. The molecule has 102 valence electrons. The first-order valence-electron chi connectivity index (χ1n) is 5.86. The SMILES string of the molecule is COC(=O)[C@@H]1C[C@@H](N2CCCCC2)CN1.Cl.Cl. The highest BCUT2D eigenvalue weighted by molar-refractivity contribution is 5.85. The van der Waals surface area contributed by atoms with Gasteiger partial charge in [-0.1, -0.05) is 6.42 Å². The molecule has 0 amide bonds. The van der Waals surface area contributed by atoms with Crippen molar-refractivity contribution in [2.75, 3.05) is 26.7 Å². The maximum absolute atomic E-state index is 11.3. The number of hydrogen-bond acceptors (Lipinski definition) is 4. The average molecular weight is 285 g/mol. The second-order valence-electron chi connectivity index (χ2n) is 4.47. The summed E-state index contributed by atoms with van der Waals surface area (Å²) in [6.45, 7) is 3.32. The van der Waals surface area contributed by atoms with Gasteiger partial charge in [-0.05, 0) is 32.4 Å². The minimum Gasteiger partial charge on any atom is -0.468 e. The van der Waals surface area contributed by atoms with Gasteiger partial charge in [0.2, 0.25) is 0 Å². The summed E-state index contributed by atoms with van der Waals surface area (Å²) >= 11 is 0. The van der Waals surface area contributed by atoms with Crippen molar-refractivity contribution in [2.24, 2.45) is 0 Å². The van der Waals surface area contributed by atoms with E-state index in [1.54, 1.807) is 0 Å². The van der Waals surface area contributed by atoms with Crippen LogP contribution >= 0.6 is 24.8 Å². The maximum atomic E-state index is 11.3. The number of carbonyl (C=O) groups excluding carboxylic acids is 1. The predicted octanol–water partition coefficient (Wildman–Crippen LogP) is 1.22. The van der Waals surface area contributed by atoms with E-state index in [1.807, 2.05) is 0 Å². The normalized spacial score (nSPS) is 29.0. The van der Waals surface area contributed by atoms with Crippen LogP contribution in [0.4, 0.5) is 0 Å². The summed E-state index contributed by atoms with van der Waals surface area (Å²) in [5.74, 6) is -0.116. The molecule has 2 rings (SSSR count). The minimum atomic E-state index is -0.116. The number of ether oxygens (including phenoxy) is 1. The molecule has 2 heterocycles. The maximum Gasteiger partial charge on any atom is 0.322 e. The van der Waals surface area contributed by atoms with Crippen LogP contribution in [0.25, 0.3) is 0 Å². The zero-order valence-corrected chi connectivity index (χ0v) is 11.8. The van der Waals surface area contributed by atoms with Gasteiger partial charge in [-0.2, -0.15) is 0 Å². The molecule has 0 aromatic heterocycles. The van der Waals surface area contributed by atoms with Crippen molar-refractivity contribution in [2.45, 2.75) is 37.8 Å². The van der Waals surface area contributed by atoms with Crippen LogP contribution in [-0.2, 0) is 9.53 Å². The van der Waals surface area contributed by atoms with Crippen LogP contribution in [0.15, 0.2) is 0 Å². The molecule has 0 bridgehead atoms. The van der Waals surface area contributed by atoms with Crippen LogP contribution in [0, 0.1) is 0 Å². The largest absolute Gasteiger partial charge is 0.468 e. The third-order valence-corrected chi connectivity index (χ3v) is 3.50. The number of likely N-dealkylation sites (tertiary alicyclic amines) is 1. The van der Waals surface area contributed by atoms with E-state index >= 15 is 0 Å². The van der Waals surface area contributed by atoms with Gasteiger partial charge in [-0.3, -0.25) is 9.69 Å². The van der Waals surface area contributed by atoms with Gasteiger partial charge in [0.15, 0.2) is 0 Å². The topological polar surface area (TPSA) is 41.6 Å². The third-order valence-electron chi connectivity index (χ3n) is 3.50. The molecule has 2 fully saturated rings. The molecule has 0 aromatic rings. The molecule has 0 radical (unpaired) electrons. The average Bonchev–Trinajstić information content (AvgIpc) is 2.78. The van der Waals surface area contributed by atoms with Gasteiger partial charge in [0.05, 0.1) is 7.11 Å². The zero-order chi connectivity index (χ0) is 10.7. The van der Waals surface area contributed by atoms with Crippen molar-refractivity contribution in [3.8, 4) is 0 Å². The van der Waals surface area contributed by atoms with Crippen LogP contribution in [-0.4, -0.2) is 49.7 Å². The number of methoxy groups -OCH3 is 1. The lowest BCUT2D eigenvalue weighted by molar-refractivity contribution is -0.142. The second kappa shape index (κ2) is 8.14. The van der Waals surface area contributed by atoms with Gasteiger partial charge in [-0.25, -0.2) is 0 Å². The summed E-state index contributed by atoms with van der Waals surface area (Å²) in [5, 5.41) is 3.24. The fourth-order valence-electron chi connectivity index (χ4n) is 2.60. The lowest BCUT2D eigenvalue weighted by Gasteiger charge is -2.31. The lowest BCUT2D eigenvalue weighted by Crippen LogP contribution is -2.40. The first-order chi connectivity index (χ1) is 7.31. The van der Waals surface area contributed by atoms with E-state index in [2.05, 4.69) is 10.2 Å². The molecule has 2 atom stereocenters. The van der Waals surface area contributed by atoms with Crippen LogP contribution in [0.5, 0.6) is 0 Å². The summed E-state index contributed by atoms with van der Waals surface area (Å²) in [6, 6.07) is 0.455. The Kier molecular flexibility index (Phi) is 8.12. The van der Waals surface area contributed by atoms with Crippen LogP contribution in [0.3, 0.4) is 0 Å². The summed E-state index contributed by atoms with van der Waals surface area (Å²) in [5.41, 5.74) is 0. The van der Waals surface area contributed by atoms with E-state index in [0.717, 1.165) is 13.0 Å². The first kappa shape index (κ1) is 17.0. The van der Waals surface area contributed by atoms with Crippen molar-refractivity contribution >= 4 is 30.8 Å². The first-order valence-corrected chi connectivity index (χ1v) is 5.86. The number of nitrogens with zero attached hydrogens (tertiary/aromatic N) is 1. The molecule has 2 saturated heterocycles. The Morgan fingerprint density at radius 3 is 2.47 bits per heavy atom. The molecule has 0 aromatic carbocycles. The highest BCUT2D eigenvalue weighted by Crippen LogP contribution is 2.19. The Bertz CT molecular complexity index is 236. The van der Waals surface area contributed by atoms with E-state index < -0.39 is 0 Å². The molecule has 0 aliphatic carbocycles. The standard InChI is InChI=1S/C11H20N2O2.2ClH/c1-15-11(14)10-7-9(8-12-10)13-5-3-2-4-6-13;;/h9-10,12H,2-8H2,1H3;2*1H/t9-,10+;;/m1../s1. The van der Waals surface area contributed by atoms with Crippen molar-refractivity contribution in [3.63, 3.8) is 0 Å². The molecule has 4 nitrogen and oxygen atoms in total. The quantitative estimate of drug-likeness (QED) is 0.775. The van der Waals surface area contributed by atoms with E-state index in [1.165, 1.54) is 39.5 Å². The van der Waals surface area contributed by atoms with E-state index in [9.17, 15) is 4.79 Å². The summed E-state index contributed by atoms with van der Waals surface area (Å²) in [7, 11) is 1.46. The Morgan fingerprint density at radius 2 is 1.88 bits per heavy atom. The van der Waals surface area contributed by atoms with Crippen LogP contribution in [0.1, 0.15) is 25.7 Å². The number of esters is 1. The number of halogens is 2. The van der Waals surface area contributed by atoms with Crippen molar-refractivity contribution in [1.82, 2.24) is 10.2 Å². The molecular weight excluding hydrogens is 263 g/mol. The van der Waals surface area contributed by atoms with Gasteiger partial charge < -0.3 is 10.1 Å². The van der Waals surface area contributed by atoms with Crippen molar-refractivity contribution in [3.05, 3.63) is 0 Å². The highest BCUT2D eigenvalue weighted by atomic mass is 35.5. The number of carbonyl (C=O) groups is 1. The van der Waals surface area contributed by atoms with E-state index in [4.69, 9.17) is 4.74 Å². The van der Waals surface area contributed by atoms with Gasteiger partial charge in [0.1, 0.15) is 6.04 Å². The molecule has 1 N–H and O–H groups in total. The molecule has 6 heteroatoms. The highest BCUT2D eigenvalue weighted by Gasteiger charge is 2.33. The smallest absolute Gasteiger partial charge is 0.322 e. The molecule has 17 heavy (non-hydrogen) atoms. The van der Waals surface area contributed by atoms with Crippen LogP contribution in [0.2, 0.25) is 0 Å². The van der Waals surface area contributed by atoms with Crippen LogP contribution < -0.4 is 5.32 Å². The van der Waals surface area contributed by atoms with Crippen molar-refractivity contribution in [1.29, 1.82) is 0 Å². The Labute approximate surface area is 115 Å². The van der Waals surface area contributed by atoms with Crippen molar-refractivity contribution < 1.29 is 9.53 Å². The second-order valence-corrected chi connectivity index (χ2v) is 4.47. The van der Waals surface area contributed by atoms with E-state index in [-0.39, 0.29) is 36.8 Å². The monoisotopic (exact) mass is 284 g/mol. The summed E-state index contributed by atoms with van der Waals surface area (Å²) in [6.07, 6.45) is 4.88. The number of piperidine rings is 1. The Balaban J connectivity index is 0.00000128. The Hall–Kier alpha value is -0.0300. The van der Waals surface area contributed by atoms with Gasteiger partial charge in [0.25, 0.3) is 0 Å². The van der Waals surface area contributed by atoms with Gasteiger partial charge in [-0.15, -0.1) is 24.8 Å². The van der Waals surface area contributed by atoms with Gasteiger partial charge in [0, 0.05) is 12.6 Å². The third kappa shape index (κ3) is 4.28. The van der Waals surface area contributed by atoms with Gasteiger partial charge >= 0.3 is 5.97 Å². The summed E-state index contributed by atoms with van der Waals surface area (Å²) < 4.78 is 4.75. The number of rotatable bonds is 2. The molecular formula is C11H22Cl2N2O2. The molecule has 2 aliphatic heterocycles. The fraction of sp³-hybridized carbons (Fsp3) is 0.909. The molecule has 2 aliphatic rings. The molecule has 0 saturated carbocycles. The lowest BCUT2D eigenvalue weighted by atomic mass is 10.1. The minimum absolute atomic E-state index is 0. The fourth-order valence-corrected chi connectivity index (χ4v) is 2.60. The molecule has 0 unspecified atom stereocenters. The summed E-state index contributed by atoms with van der Waals surface area (Å²) in [4.78, 5) is 13.9. The Morgan fingerprint density at radius 1 is 1.24 bits per heavy atom.